The van der Waals surface area contributed by atoms with E-state index in [0.717, 1.165) is 5.56 Å². The van der Waals surface area contributed by atoms with Crippen LogP contribution in [0.2, 0.25) is 0 Å². The third kappa shape index (κ3) is 3.55. The van der Waals surface area contributed by atoms with Crippen molar-refractivity contribution in [2.24, 2.45) is 5.92 Å². The van der Waals surface area contributed by atoms with Crippen molar-refractivity contribution in [2.45, 2.75) is 30.0 Å². The van der Waals surface area contributed by atoms with E-state index in [1.54, 1.807) is 0 Å². The molecule has 4 heteroatoms. The van der Waals surface area contributed by atoms with Crippen LogP contribution in [0.15, 0.2) is 59.7 Å². The van der Waals surface area contributed by atoms with Crippen LogP contribution in [0.1, 0.15) is 47.4 Å². The molecule has 0 fully saturated rings. The molecule has 2 aliphatic carbocycles. The average molecular weight is 477 g/mol. The predicted molar refractivity (Wildman–Crippen MR) is 110 cm³/mol. The van der Waals surface area contributed by atoms with E-state index >= 15 is 0 Å². The topological polar surface area (TPSA) is 20.2 Å². The molecule has 1 nitrogen and oxygen atoms in total. The maximum atomic E-state index is 9.38. The van der Waals surface area contributed by atoms with Gasteiger partial charge in [-0.1, -0.05) is 67.6 Å². The molecule has 0 heterocycles. The van der Waals surface area contributed by atoms with Gasteiger partial charge in [0.25, 0.3) is 0 Å². The Kier molecular flexibility index (Phi) is 6.53. The number of alkyl halides is 2. The Bertz CT molecular complexity index is 905. The fourth-order valence-corrected chi connectivity index (χ4v) is 5.30. The molecule has 0 saturated heterocycles. The van der Waals surface area contributed by atoms with Crippen molar-refractivity contribution in [1.29, 1.82) is 0 Å². The van der Waals surface area contributed by atoms with Crippen molar-refractivity contribution in [3.8, 4) is 0 Å². The second-order valence-electron chi connectivity index (χ2n) is 7.17. The van der Waals surface area contributed by atoms with Gasteiger partial charge >= 0.3 is 0 Å². The van der Waals surface area contributed by atoms with Crippen LogP contribution in [0.25, 0.3) is 12.2 Å². The minimum Gasteiger partial charge on any atom is -0.396 e. The second-order valence-corrected chi connectivity index (χ2v) is 8.25. The molecule has 0 bridgehead atoms. The van der Waals surface area contributed by atoms with E-state index in [9.17, 15) is 5.11 Å². The number of benzene rings is 2. The zero-order valence-corrected chi connectivity index (χ0v) is 19.2. The smallest absolute Gasteiger partial charge is 0.0919 e. The Morgan fingerprint density at radius 3 is 2.41 bits per heavy atom. The molecule has 3 atom stereocenters. The maximum absolute atomic E-state index is 9.38. The van der Waals surface area contributed by atoms with Gasteiger partial charge in [-0.2, -0.15) is 0 Å². The largest absolute Gasteiger partial charge is 0.396 e. The van der Waals surface area contributed by atoms with Crippen LogP contribution in [0.3, 0.4) is 0 Å². The molecule has 0 aromatic heterocycles. The summed E-state index contributed by atoms with van der Waals surface area (Å²) >= 11 is 14.0. The van der Waals surface area contributed by atoms with Crippen molar-refractivity contribution < 1.29 is 31.3 Å². The van der Waals surface area contributed by atoms with Crippen molar-refractivity contribution >= 4 is 35.4 Å². The molecule has 2 aliphatic rings. The van der Waals surface area contributed by atoms with Crippen molar-refractivity contribution in [3.63, 3.8) is 0 Å². The van der Waals surface area contributed by atoms with Gasteiger partial charge in [-0.15, -0.1) is 23.2 Å². The standard InChI is InChI=1S/C23H22Cl2O.Zr/c1-15(19-13-16-7-2-4-9-18(16)22(19)24)21-14-17-8-3-5-10-20(17)23(21,25)11-6-12-26;/h2-5,7-10,13-15,22,26H,6,11-12H2,1H3;. The SMILES string of the molecule is CC(C1=Cc2ccccc2C1Cl)C1=Cc2ccccc2C1(Cl)CCCO.[Zr]. The minimum absolute atomic E-state index is 0. The zero-order valence-electron chi connectivity index (χ0n) is 15.3. The monoisotopic (exact) mass is 474 g/mol. The summed E-state index contributed by atoms with van der Waals surface area (Å²) in [6.07, 6.45) is 5.82. The molecule has 0 saturated carbocycles. The Morgan fingerprint density at radius 1 is 1.04 bits per heavy atom. The Balaban J connectivity index is 0.00000210. The number of halogens is 2. The van der Waals surface area contributed by atoms with Gasteiger partial charge in [-0.25, -0.2) is 0 Å². The first kappa shape index (κ1) is 21.1. The van der Waals surface area contributed by atoms with E-state index < -0.39 is 4.87 Å². The molecule has 4 rings (SSSR count). The van der Waals surface area contributed by atoms with Gasteiger partial charge in [-0.3, -0.25) is 0 Å². The van der Waals surface area contributed by atoms with Crippen molar-refractivity contribution in [1.82, 2.24) is 0 Å². The summed E-state index contributed by atoms with van der Waals surface area (Å²) in [7, 11) is 0. The van der Waals surface area contributed by atoms with Gasteiger partial charge in [0.2, 0.25) is 0 Å². The Morgan fingerprint density at radius 2 is 1.70 bits per heavy atom. The second kappa shape index (κ2) is 8.38. The molecule has 2 aromatic rings. The molecule has 27 heavy (non-hydrogen) atoms. The van der Waals surface area contributed by atoms with Crippen LogP contribution in [0.4, 0.5) is 0 Å². The fraction of sp³-hybridized carbons (Fsp3) is 0.304. The van der Waals surface area contributed by atoms with Crippen LogP contribution >= 0.6 is 23.2 Å². The normalized spacial score (nSPS) is 23.8. The number of hydrogen-bond donors (Lipinski definition) is 1. The van der Waals surface area contributed by atoms with E-state index in [-0.39, 0.29) is 44.1 Å². The first-order valence-corrected chi connectivity index (χ1v) is 9.93. The van der Waals surface area contributed by atoms with Crippen LogP contribution in [0, 0.1) is 5.92 Å². The summed E-state index contributed by atoms with van der Waals surface area (Å²) in [5.74, 6) is 0.133. The van der Waals surface area contributed by atoms with Gasteiger partial charge in [0, 0.05) is 38.7 Å². The van der Waals surface area contributed by atoms with Crippen molar-refractivity contribution in [3.05, 3.63) is 81.9 Å². The molecular formula is C23H22Cl2OZr. The van der Waals surface area contributed by atoms with Gasteiger partial charge < -0.3 is 5.11 Å². The van der Waals surface area contributed by atoms with Crippen LogP contribution in [-0.2, 0) is 31.1 Å². The first-order chi connectivity index (χ1) is 12.6. The van der Waals surface area contributed by atoms with Crippen LogP contribution in [-0.4, -0.2) is 11.7 Å². The zero-order chi connectivity index (χ0) is 18.3. The van der Waals surface area contributed by atoms with Gasteiger partial charge in [0.1, 0.15) is 0 Å². The van der Waals surface area contributed by atoms with E-state index in [4.69, 9.17) is 23.2 Å². The Hall–Kier alpha value is -0.657. The molecule has 0 amide bonds. The number of allylic oxidation sites excluding steroid dienone is 2. The molecule has 2 aromatic carbocycles. The maximum Gasteiger partial charge on any atom is 0.0919 e. The van der Waals surface area contributed by atoms with Crippen LogP contribution in [0.5, 0.6) is 0 Å². The minimum atomic E-state index is -0.578. The molecule has 138 valence electrons. The van der Waals surface area contributed by atoms with E-state index in [1.807, 2.05) is 24.3 Å². The van der Waals surface area contributed by atoms with Crippen molar-refractivity contribution in [2.75, 3.05) is 6.61 Å². The summed E-state index contributed by atoms with van der Waals surface area (Å²) in [6, 6.07) is 16.6. The predicted octanol–water partition coefficient (Wildman–Crippen LogP) is 6.30. The molecule has 0 spiro atoms. The summed E-state index contributed by atoms with van der Waals surface area (Å²) < 4.78 is 0. The number of hydrogen-bond acceptors (Lipinski definition) is 1. The van der Waals surface area contributed by atoms with E-state index in [1.165, 1.54) is 27.8 Å². The van der Waals surface area contributed by atoms with Gasteiger partial charge in [0.05, 0.1) is 10.3 Å². The summed E-state index contributed by atoms with van der Waals surface area (Å²) in [5.41, 5.74) is 7.05. The first-order valence-electron chi connectivity index (χ1n) is 9.12. The quantitative estimate of drug-likeness (QED) is 0.502. The fourth-order valence-electron chi connectivity index (χ4n) is 4.32. The Labute approximate surface area is 190 Å². The third-order valence-corrected chi connectivity index (χ3v) is 6.78. The third-order valence-electron chi connectivity index (χ3n) is 5.69. The summed E-state index contributed by atoms with van der Waals surface area (Å²) in [5, 5.41) is 9.25. The summed E-state index contributed by atoms with van der Waals surface area (Å²) in [4.78, 5) is -0.578. The van der Waals surface area contributed by atoms with E-state index in [2.05, 4.69) is 43.3 Å². The molecular weight excluding hydrogens is 454 g/mol. The molecule has 0 aliphatic heterocycles. The van der Waals surface area contributed by atoms with Gasteiger partial charge in [0.15, 0.2) is 0 Å². The molecule has 3 unspecified atom stereocenters. The molecule has 1 N–H and O–H groups in total. The number of fused-ring (bicyclic) bond motifs is 2. The average Bonchev–Trinajstić information content (AvgIpc) is 3.16. The number of rotatable bonds is 5. The number of aliphatic hydroxyl groups is 1. The van der Waals surface area contributed by atoms with Crippen LogP contribution < -0.4 is 0 Å². The number of aliphatic hydroxyl groups excluding tert-OH is 1. The summed E-state index contributed by atoms with van der Waals surface area (Å²) in [6.45, 7) is 2.34. The van der Waals surface area contributed by atoms with Gasteiger partial charge in [-0.05, 0) is 46.2 Å². The molecule has 0 radical (unpaired) electrons. The van der Waals surface area contributed by atoms with E-state index in [0.29, 0.717) is 12.8 Å².